The number of nitrogens with zero attached hydrogens (tertiary/aromatic N) is 1. The molecule has 0 aliphatic carbocycles. The molecule has 0 amide bonds. The van der Waals surface area contributed by atoms with Gasteiger partial charge in [0.25, 0.3) is 0 Å². The van der Waals surface area contributed by atoms with E-state index in [1.54, 1.807) is 36.4 Å². The molecule has 7 nitrogen and oxygen atoms in total. The van der Waals surface area contributed by atoms with Gasteiger partial charge in [0.15, 0.2) is 11.6 Å². The number of aliphatic carboxylic acids is 1. The van der Waals surface area contributed by atoms with Crippen LogP contribution < -0.4 is 10.1 Å². The number of rotatable bonds is 8. The maximum Gasteiger partial charge on any atom is 0.328 e. The summed E-state index contributed by atoms with van der Waals surface area (Å²) in [5, 5.41) is 21.9. The van der Waals surface area contributed by atoms with Gasteiger partial charge >= 0.3 is 5.97 Å². The Labute approximate surface area is 181 Å². The molecule has 2 aromatic carbocycles. The molecule has 3 rings (SSSR count). The molecule has 0 aliphatic rings. The summed E-state index contributed by atoms with van der Waals surface area (Å²) in [6, 6.07) is 11.5. The van der Waals surface area contributed by atoms with Crippen LogP contribution in [0.3, 0.4) is 0 Å². The van der Waals surface area contributed by atoms with Gasteiger partial charge in [-0.15, -0.1) is 11.3 Å². The molecular weight excluding hydrogens is 416 g/mol. The van der Waals surface area contributed by atoms with Crippen LogP contribution in [0.1, 0.15) is 15.2 Å². The number of fused-ring (bicyclic) bond motifs is 1. The van der Waals surface area contributed by atoms with Crippen molar-refractivity contribution >= 4 is 45.1 Å². The van der Waals surface area contributed by atoms with E-state index >= 15 is 0 Å². The number of carboxylic acid groups (broad SMARTS) is 1. The number of benzene rings is 2. The number of phenolic OH excluding ortho intramolecular Hbond substituents is 1. The lowest BCUT2D eigenvalue weighted by Crippen LogP contribution is -2.26. The number of ketones is 1. The molecule has 3 N–H and O–H groups in total. The fraction of sp³-hybridized carbons (Fsp3) is 0. The molecule has 0 saturated carbocycles. The van der Waals surface area contributed by atoms with E-state index in [-0.39, 0.29) is 16.5 Å². The maximum atomic E-state index is 13.1. The molecule has 0 spiro atoms. The Balaban J connectivity index is 2.04. The molecule has 1 aromatic heterocycles. The number of nitrogens with one attached hydrogen (secondary N) is 1. The Morgan fingerprint density at radius 1 is 1.13 bits per heavy atom. The lowest BCUT2D eigenvalue weighted by molar-refractivity contribution is -0.131. The Morgan fingerprint density at radius 2 is 1.87 bits per heavy atom. The van der Waals surface area contributed by atoms with Gasteiger partial charge in [-0.05, 0) is 48.2 Å². The standard InChI is InChI=1S/C23H18N2O5S/c1-3-24-23(25-4-2)20(29)22-21(17-11-8-15(26)13-18(17)31-22)30-16-9-5-14(6-10-16)7-12-19(27)28/h3-13,26H,1-2H2,(H,24,25)(H,27,28)/b12-7+. The van der Waals surface area contributed by atoms with Gasteiger partial charge in [-0.2, -0.15) is 0 Å². The highest BCUT2D eigenvalue weighted by Gasteiger charge is 2.24. The van der Waals surface area contributed by atoms with Crippen LogP contribution in [0.5, 0.6) is 17.2 Å². The van der Waals surface area contributed by atoms with Crippen molar-refractivity contribution in [3.05, 3.63) is 84.5 Å². The largest absolute Gasteiger partial charge is 0.508 e. The summed E-state index contributed by atoms with van der Waals surface area (Å²) in [5.74, 6) is -0.592. The van der Waals surface area contributed by atoms with E-state index in [1.165, 1.54) is 24.5 Å². The second kappa shape index (κ2) is 9.55. The third kappa shape index (κ3) is 5.06. The minimum atomic E-state index is -1.04. The number of phenols is 1. The molecule has 0 aliphatic heterocycles. The van der Waals surface area contributed by atoms with Gasteiger partial charge in [-0.1, -0.05) is 25.3 Å². The average molecular weight is 434 g/mol. The zero-order chi connectivity index (χ0) is 22.4. The van der Waals surface area contributed by atoms with Crippen molar-refractivity contribution in [1.82, 2.24) is 5.32 Å². The van der Waals surface area contributed by atoms with Crippen molar-refractivity contribution in [3.8, 4) is 17.2 Å². The molecule has 156 valence electrons. The molecule has 3 aromatic rings. The number of carbonyl (C=O) groups excluding carboxylic acids is 1. The van der Waals surface area contributed by atoms with Gasteiger partial charge < -0.3 is 20.3 Å². The van der Waals surface area contributed by atoms with Crippen LogP contribution in [0.4, 0.5) is 0 Å². The first kappa shape index (κ1) is 21.5. The van der Waals surface area contributed by atoms with E-state index in [0.717, 1.165) is 17.4 Å². The molecule has 1 heterocycles. The minimum absolute atomic E-state index is 0.0276. The van der Waals surface area contributed by atoms with Gasteiger partial charge in [-0.25, -0.2) is 9.79 Å². The third-order valence-corrected chi connectivity index (χ3v) is 5.16. The van der Waals surface area contributed by atoms with Crippen molar-refractivity contribution < 1.29 is 24.5 Å². The van der Waals surface area contributed by atoms with Crippen molar-refractivity contribution in [3.63, 3.8) is 0 Å². The highest BCUT2D eigenvalue weighted by molar-refractivity contribution is 7.22. The smallest absolute Gasteiger partial charge is 0.328 e. The van der Waals surface area contributed by atoms with Gasteiger partial charge in [0, 0.05) is 22.4 Å². The van der Waals surface area contributed by atoms with E-state index in [2.05, 4.69) is 23.5 Å². The summed E-state index contributed by atoms with van der Waals surface area (Å²) < 4.78 is 6.71. The number of thiophene rings is 1. The summed E-state index contributed by atoms with van der Waals surface area (Å²) in [6.07, 6.45) is 5.08. The number of hydrogen-bond acceptors (Lipinski definition) is 6. The predicted molar refractivity (Wildman–Crippen MR) is 122 cm³/mol. The number of aliphatic imine (C=N–C) groups is 1. The van der Waals surface area contributed by atoms with Crippen LogP contribution in [0, 0.1) is 0 Å². The Kier molecular flexibility index (Phi) is 6.64. The third-order valence-electron chi connectivity index (χ3n) is 4.03. The van der Waals surface area contributed by atoms with Crippen molar-refractivity contribution in [1.29, 1.82) is 0 Å². The second-order valence-corrected chi connectivity index (χ2v) is 7.17. The maximum absolute atomic E-state index is 13.1. The summed E-state index contributed by atoms with van der Waals surface area (Å²) in [7, 11) is 0. The summed E-state index contributed by atoms with van der Waals surface area (Å²) in [4.78, 5) is 28.0. The normalized spacial score (nSPS) is 11.4. The molecule has 0 atom stereocenters. The molecule has 8 heteroatoms. The zero-order valence-corrected chi connectivity index (χ0v) is 17.1. The number of carbonyl (C=O) groups is 2. The molecule has 0 unspecified atom stereocenters. The fourth-order valence-electron chi connectivity index (χ4n) is 2.70. The van der Waals surface area contributed by atoms with Crippen LogP contribution in [0.2, 0.25) is 0 Å². The Bertz CT molecular complexity index is 1220. The number of amidine groups is 1. The van der Waals surface area contributed by atoms with Crippen molar-refractivity contribution in [2.24, 2.45) is 4.99 Å². The molecule has 0 saturated heterocycles. The molecular formula is C23H18N2O5S. The van der Waals surface area contributed by atoms with Crippen LogP contribution in [0.25, 0.3) is 16.2 Å². The van der Waals surface area contributed by atoms with Crippen LogP contribution in [0.15, 0.2) is 79.1 Å². The summed E-state index contributed by atoms with van der Waals surface area (Å²) >= 11 is 1.16. The summed E-state index contributed by atoms with van der Waals surface area (Å²) in [6.45, 7) is 7.08. The van der Waals surface area contributed by atoms with E-state index in [0.29, 0.717) is 27.1 Å². The van der Waals surface area contributed by atoms with Crippen LogP contribution in [-0.2, 0) is 4.79 Å². The van der Waals surface area contributed by atoms with E-state index in [4.69, 9.17) is 9.84 Å². The molecule has 31 heavy (non-hydrogen) atoms. The molecule has 0 bridgehead atoms. The molecule has 0 radical (unpaired) electrons. The fourth-order valence-corrected chi connectivity index (χ4v) is 3.81. The Morgan fingerprint density at radius 3 is 2.52 bits per heavy atom. The van der Waals surface area contributed by atoms with Crippen molar-refractivity contribution in [2.75, 3.05) is 0 Å². The first-order valence-corrected chi connectivity index (χ1v) is 9.80. The van der Waals surface area contributed by atoms with Gasteiger partial charge in [0.05, 0.1) is 0 Å². The quantitative estimate of drug-likeness (QED) is 0.200. The van der Waals surface area contributed by atoms with Crippen molar-refractivity contribution in [2.45, 2.75) is 0 Å². The lowest BCUT2D eigenvalue weighted by Gasteiger charge is -2.09. The first-order chi connectivity index (χ1) is 14.9. The summed E-state index contributed by atoms with van der Waals surface area (Å²) in [5.41, 5.74) is 0.682. The lowest BCUT2D eigenvalue weighted by atomic mass is 10.2. The van der Waals surface area contributed by atoms with E-state index in [9.17, 15) is 14.7 Å². The highest BCUT2D eigenvalue weighted by atomic mass is 32.1. The first-order valence-electron chi connectivity index (χ1n) is 8.98. The topological polar surface area (TPSA) is 108 Å². The van der Waals surface area contributed by atoms with Gasteiger partial charge in [0.1, 0.15) is 16.4 Å². The van der Waals surface area contributed by atoms with E-state index in [1.807, 2.05) is 0 Å². The molecule has 0 fully saturated rings. The van der Waals surface area contributed by atoms with E-state index < -0.39 is 11.8 Å². The Hall–Kier alpha value is -4.17. The van der Waals surface area contributed by atoms with Gasteiger partial charge in [0.2, 0.25) is 5.78 Å². The number of ether oxygens (including phenoxy) is 1. The number of hydrogen-bond donors (Lipinski definition) is 3. The monoisotopic (exact) mass is 434 g/mol. The highest BCUT2D eigenvalue weighted by Crippen LogP contribution is 2.42. The second-order valence-electron chi connectivity index (χ2n) is 6.12. The SMILES string of the molecule is C=CN=C(NC=C)C(=O)c1sc2cc(O)ccc2c1Oc1ccc(/C=C/C(=O)O)cc1. The van der Waals surface area contributed by atoms with Gasteiger partial charge in [-0.3, -0.25) is 4.79 Å². The minimum Gasteiger partial charge on any atom is -0.508 e. The van der Waals surface area contributed by atoms with Crippen LogP contribution >= 0.6 is 11.3 Å². The number of carboxylic acids is 1. The average Bonchev–Trinajstić information content (AvgIpc) is 3.09. The zero-order valence-electron chi connectivity index (χ0n) is 16.2. The number of Topliss-reactive ketones (excluding diaryl/α,β-unsaturated/α-hetero) is 1. The predicted octanol–water partition coefficient (Wildman–Crippen LogP) is 4.95. The van der Waals surface area contributed by atoms with Crippen LogP contribution in [-0.4, -0.2) is 27.8 Å². The number of aromatic hydroxyl groups is 1.